The van der Waals surface area contributed by atoms with Crippen molar-refractivity contribution >= 4 is 17.4 Å². The molecule has 0 unspecified atom stereocenters. The fourth-order valence-electron chi connectivity index (χ4n) is 3.33. The SMILES string of the molecule is COc1ccc(C(=O)[C@@H](C)OC(=O)CCc2c(C)nc3cc(C)nn3c2C)cc1. The monoisotopic (exact) mass is 395 g/mol. The van der Waals surface area contributed by atoms with Gasteiger partial charge in [-0.25, -0.2) is 9.50 Å². The second kappa shape index (κ2) is 8.43. The zero-order valence-electron chi connectivity index (χ0n) is 17.4. The van der Waals surface area contributed by atoms with Crippen molar-refractivity contribution < 1.29 is 19.1 Å². The smallest absolute Gasteiger partial charge is 0.306 e. The van der Waals surface area contributed by atoms with Crippen molar-refractivity contribution in [1.29, 1.82) is 0 Å². The molecule has 1 aromatic carbocycles. The third-order valence-corrected chi connectivity index (χ3v) is 4.92. The molecule has 1 atom stereocenters. The van der Waals surface area contributed by atoms with Crippen LogP contribution in [0.3, 0.4) is 0 Å². The van der Waals surface area contributed by atoms with Gasteiger partial charge in [0, 0.05) is 29.4 Å². The standard InChI is InChI=1S/C22H25N3O4/c1-13-12-20-23-14(2)19(15(3)25(20)24-13)10-11-21(26)29-16(4)22(27)17-6-8-18(28-5)9-7-17/h6-9,12,16H,10-11H2,1-5H3/t16-/m1/s1. The van der Waals surface area contributed by atoms with E-state index in [1.807, 2.05) is 26.8 Å². The van der Waals surface area contributed by atoms with E-state index in [1.54, 1.807) is 42.8 Å². The molecule has 0 radical (unpaired) electrons. The summed E-state index contributed by atoms with van der Waals surface area (Å²) >= 11 is 0. The molecule has 152 valence electrons. The number of esters is 1. The highest BCUT2D eigenvalue weighted by Crippen LogP contribution is 2.18. The molecule has 29 heavy (non-hydrogen) atoms. The highest BCUT2D eigenvalue weighted by Gasteiger charge is 2.20. The third-order valence-electron chi connectivity index (χ3n) is 4.92. The number of aryl methyl sites for hydroxylation is 3. The van der Waals surface area contributed by atoms with E-state index in [0.29, 0.717) is 17.7 Å². The summed E-state index contributed by atoms with van der Waals surface area (Å²) in [5.74, 6) is -0.00624. The molecule has 0 bridgehead atoms. The van der Waals surface area contributed by atoms with Gasteiger partial charge in [-0.1, -0.05) is 0 Å². The van der Waals surface area contributed by atoms with Gasteiger partial charge < -0.3 is 9.47 Å². The van der Waals surface area contributed by atoms with Gasteiger partial charge >= 0.3 is 5.97 Å². The van der Waals surface area contributed by atoms with Gasteiger partial charge in [-0.05, 0) is 63.9 Å². The molecule has 7 heteroatoms. The molecule has 0 aliphatic heterocycles. The van der Waals surface area contributed by atoms with Crippen LogP contribution in [-0.4, -0.2) is 39.6 Å². The number of aromatic nitrogens is 3. The van der Waals surface area contributed by atoms with E-state index in [4.69, 9.17) is 9.47 Å². The number of Topliss-reactive ketones (excluding diaryl/α,β-unsaturated/α-hetero) is 1. The second-order valence-electron chi connectivity index (χ2n) is 7.04. The molecule has 2 aromatic heterocycles. The van der Waals surface area contributed by atoms with Crippen molar-refractivity contribution in [2.45, 2.75) is 46.6 Å². The lowest BCUT2D eigenvalue weighted by molar-refractivity contribution is -0.146. The third kappa shape index (κ3) is 4.45. The number of ketones is 1. The number of carbonyl (C=O) groups excluding carboxylic acids is 2. The lowest BCUT2D eigenvalue weighted by Crippen LogP contribution is -2.24. The average molecular weight is 395 g/mol. The maximum atomic E-state index is 12.5. The maximum absolute atomic E-state index is 12.5. The number of benzene rings is 1. The summed E-state index contributed by atoms with van der Waals surface area (Å²) in [5.41, 5.74) is 4.94. The molecule has 0 fully saturated rings. The van der Waals surface area contributed by atoms with E-state index in [1.165, 1.54) is 0 Å². The maximum Gasteiger partial charge on any atom is 0.306 e. The molecule has 0 aliphatic rings. The van der Waals surface area contributed by atoms with Crippen LogP contribution in [0.25, 0.3) is 5.65 Å². The summed E-state index contributed by atoms with van der Waals surface area (Å²) in [6.45, 7) is 7.39. The summed E-state index contributed by atoms with van der Waals surface area (Å²) < 4.78 is 12.2. The highest BCUT2D eigenvalue weighted by molar-refractivity contribution is 6.00. The number of rotatable bonds is 7. The Bertz CT molecular complexity index is 1050. The van der Waals surface area contributed by atoms with E-state index in [0.717, 1.165) is 28.3 Å². The Morgan fingerprint density at radius 1 is 1.14 bits per heavy atom. The van der Waals surface area contributed by atoms with Crippen molar-refractivity contribution in [2.75, 3.05) is 7.11 Å². The summed E-state index contributed by atoms with van der Waals surface area (Å²) in [5, 5.41) is 4.44. The van der Waals surface area contributed by atoms with E-state index < -0.39 is 12.1 Å². The number of carbonyl (C=O) groups is 2. The fourth-order valence-corrected chi connectivity index (χ4v) is 3.33. The quantitative estimate of drug-likeness (QED) is 0.450. The summed E-state index contributed by atoms with van der Waals surface area (Å²) in [6.07, 6.45) is -0.218. The van der Waals surface area contributed by atoms with Crippen molar-refractivity contribution in [1.82, 2.24) is 14.6 Å². The van der Waals surface area contributed by atoms with Crippen LogP contribution in [0.4, 0.5) is 0 Å². The first-order valence-electron chi connectivity index (χ1n) is 9.50. The number of ether oxygens (including phenoxy) is 2. The molecule has 7 nitrogen and oxygen atoms in total. The zero-order chi connectivity index (χ0) is 21.1. The summed E-state index contributed by atoms with van der Waals surface area (Å²) in [7, 11) is 1.56. The van der Waals surface area contributed by atoms with Crippen LogP contribution in [0, 0.1) is 20.8 Å². The molecule has 0 spiro atoms. The first-order chi connectivity index (χ1) is 13.8. The summed E-state index contributed by atoms with van der Waals surface area (Å²) in [4.78, 5) is 29.3. The van der Waals surface area contributed by atoms with Crippen LogP contribution in [0.15, 0.2) is 30.3 Å². The largest absolute Gasteiger partial charge is 0.497 e. The van der Waals surface area contributed by atoms with Crippen LogP contribution in [0.1, 0.15) is 46.3 Å². The molecule has 0 amide bonds. The van der Waals surface area contributed by atoms with E-state index in [9.17, 15) is 9.59 Å². The van der Waals surface area contributed by atoms with E-state index in [-0.39, 0.29) is 12.2 Å². The summed E-state index contributed by atoms with van der Waals surface area (Å²) in [6, 6.07) is 8.64. The van der Waals surface area contributed by atoms with Crippen molar-refractivity contribution in [3.05, 3.63) is 58.5 Å². The second-order valence-corrected chi connectivity index (χ2v) is 7.04. The Kier molecular flexibility index (Phi) is 5.96. The Balaban J connectivity index is 1.63. The predicted molar refractivity (Wildman–Crippen MR) is 108 cm³/mol. The molecular weight excluding hydrogens is 370 g/mol. The average Bonchev–Trinajstić information content (AvgIpc) is 3.07. The minimum Gasteiger partial charge on any atom is -0.497 e. The van der Waals surface area contributed by atoms with Crippen molar-refractivity contribution in [3.8, 4) is 5.75 Å². The normalized spacial score (nSPS) is 12.0. The van der Waals surface area contributed by atoms with Gasteiger partial charge in [0.05, 0.1) is 12.8 Å². The van der Waals surface area contributed by atoms with Gasteiger partial charge in [0.1, 0.15) is 5.75 Å². The molecule has 2 heterocycles. The van der Waals surface area contributed by atoms with Crippen LogP contribution in [0.2, 0.25) is 0 Å². The number of hydrogen-bond acceptors (Lipinski definition) is 6. The van der Waals surface area contributed by atoms with Crippen LogP contribution in [0.5, 0.6) is 5.75 Å². The predicted octanol–water partition coefficient (Wildman–Crippen LogP) is 3.41. The van der Waals surface area contributed by atoms with Crippen LogP contribution < -0.4 is 4.74 Å². The molecule has 0 saturated carbocycles. The molecule has 0 aliphatic carbocycles. The zero-order valence-corrected chi connectivity index (χ0v) is 17.4. The van der Waals surface area contributed by atoms with Crippen molar-refractivity contribution in [2.24, 2.45) is 0 Å². The minimum atomic E-state index is -0.854. The fraction of sp³-hybridized carbons (Fsp3) is 0.364. The lowest BCUT2D eigenvalue weighted by Gasteiger charge is -2.14. The molecule has 3 rings (SSSR count). The Hall–Kier alpha value is -3.22. The number of fused-ring (bicyclic) bond motifs is 1. The Labute approximate surface area is 169 Å². The number of methoxy groups -OCH3 is 1. The van der Waals surface area contributed by atoms with Gasteiger partial charge in [0.2, 0.25) is 5.78 Å². The van der Waals surface area contributed by atoms with Gasteiger partial charge in [-0.2, -0.15) is 5.10 Å². The molecule has 0 N–H and O–H groups in total. The van der Waals surface area contributed by atoms with E-state index >= 15 is 0 Å². The molecule has 3 aromatic rings. The molecular formula is C22H25N3O4. The number of hydrogen-bond donors (Lipinski definition) is 0. The Morgan fingerprint density at radius 3 is 2.48 bits per heavy atom. The van der Waals surface area contributed by atoms with Crippen LogP contribution >= 0.6 is 0 Å². The number of nitrogens with zero attached hydrogens (tertiary/aromatic N) is 3. The van der Waals surface area contributed by atoms with Gasteiger partial charge in [-0.15, -0.1) is 0 Å². The molecule has 0 saturated heterocycles. The van der Waals surface area contributed by atoms with Crippen LogP contribution in [-0.2, 0) is 16.0 Å². The van der Waals surface area contributed by atoms with E-state index in [2.05, 4.69) is 10.1 Å². The van der Waals surface area contributed by atoms with Gasteiger partial charge in [0.15, 0.2) is 11.8 Å². The van der Waals surface area contributed by atoms with Gasteiger partial charge in [0.25, 0.3) is 0 Å². The Morgan fingerprint density at radius 2 is 1.83 bits per heavy atom. The lowest BCUT2D eigenvalue weighted by atomic mass is 10.1. The highest BCUT2D eigenvalue weighted by atomic mass is 16.5. The van der Waals surface area contributed by atoms with Gasteiger partial charge in [-0.3, -0.25) is 9.59 Å². The first-order valence-corrected chi connectivity index (χ1v) is 9.50. The first kappa shape index (κ1) is 20.5. The minimum absolute atomic E-state index is 0.162. The topological polar surface area (TPSA) is 82.8 Å². The van der Waals surface area contributed by atoms with Crippen molar-refractivity contribution in [3.63, 3.8) is 0 Å².